The van der Waals surface area contributed by atoms with Crippen LogP contribution in [0.1, 0.15) is 44.9 Å². The van der Waals surface area contributed by atoms with Crippen molar-refractivity contribution in [2.45, 2.75) is 33.5 Å². The van der Waals surface area contributed by atoms with Crippen LogP contribution in [0.3, 0.4) is 0 Å². The number of pyridine rings is 1. The summed E-state index contributed by atoms with van der Waals surface area (Å²) in [5, 5.41) is 12.1. The molecule has 0 saturated carbocycles. The standard InChI is InChI=1S/C26H21BrClF2N7O3S/c1-3-37-12(2)15(10-32-37)14-9-18(23(29)30)33-26-20(14)21(22(41-26)24(31)38)34-25(39)17-6-7-36(35-17)11-40-19-5-4-13(28)8-16(19)27/h4-10,23H,3,11H2,1-2H3,(H2,31,38)(H,34,39). The van der Waals surface area contributed by atoms with Crippen LogP contribution in [0.5, 0.6) is 5.75 Å². The number of carbonyl (C=O) groups is 2. The summed E-state index contributed by atoms with van der Waals surface area (Å²) in [5.41, 5.74) is 6.86. The van der Waals surface area contributed by atoms with Gasteiger partial charge >= 0.3 is 0 Å². The fourth-order valence-corrected chi connectivity index (χ4v) is 6.04. The predicted octanol–water partition coefficient (Wildman–Crippen LogP) is 6.43. The fraction of sp³-hybridized carbons (Fsp3) is 0.192. The van der Waals surface area contributed by atoms with Crippen LogP contribution in [0.4, 0.5) is 14.5 Å². The molecule has 0 fully saturated rings. The smallest absolute Gasteiger partial charge is 0.280 e. The molecular weight excluding hydrogens is 644 g/mol. The third-order valence-electron chi connectivity index (χ3n) is 6.18. The van der Waals surface area contributed by atoms with Crippen LogP contribution in [0, 0.1) is 6.92 Å². The highest BCUT2D eigenvalue weighted by atomic mass is 79.9. The minimum absolute atomic E-state index is 0.00734. The largest absolute Gasteiger partial charge is 0.470 e. The Morgan fingerprint density at radius 2 is 2.02 bits per heavy atom. The van der Waals surface area contributed by atoms with E-state index in [9.17, 15) is 18.4 Å². The fourth-order valence-electron chi connectivity index (χ4n) is 4.22. The van der Waals surface area contributed by atoms with Crippen molar-refractivity contribution in [3.63, 3.8) is 0 Å². The van der Waals surface area contributed by atoms with E-state index in [1.165, 1.54) is 16.8 Å². The third kappa shape index (κ3) is 5.67. The molecule has 4 aromatic heterocycles. The number of carbonyl (C=O) groups excluding carboxylic acids is 2. The first-order chi connectivity index (χ1) is 19.6. The topological polar surface area (TPSA) is 130 Å². The van der Waals surface area contributed by atoms with Crippen LogP contribution >= 0.6 is 38.9 Å². The number of nitrogens with zero attached hydrogens (tertiary/aromatic N) is 5. The maximum Gasteiger partial charge on any atom is 0.280 e. The summed E-state index contributed by atoms with van der Waals surface area (Å²) in [6, 6.07) is 7.76. The second-order valence-electron chi connectivity index (χ2n) is 8.75. The molecule has 1 aromatic carbocycles. The van der Waals surface area contributed by atoms with E-state index in [0.29, 0.717) is 38.3 Å². The van der Waals surface area contributed by atoms with E-state index < -0.39 is 23.9 Å². The first-order valence-electron chi connectivity index (χ1n) is 12.1. The third-order valence-corrected chi connectivity index (χ3v) is 8.13. The first-order valence-corrected chi connectivity index (χ1v) is 14.1. The zero-order valence-electron chi connectivity index (χ0n) is 21.5. The number of rotatable bonds is 9. The summed E-state index contributed by atoms with van der Waals surface area (Å²) in [7, 11) is 0. The Balaban J connectivity index is 1.51. The summed E-state index contributed by atoms with van der Waals surface area (Å²) < 4.78 is 37.1. The van der Waals surface area contributed by atoms with Gasteiger partial charge in [-0.05, 0) is 65.7 Å². The van der Waals surface area contributed by atoms with Gasteiger partial charge in [-0.15, -0.1) is 11.3 Å². The normalized spacial score (nSPS) is 11.4. The minimum atomic E-state index is -2.86. The van der Waals surface area contributed by atoms with Gasteiger partial charge in [0.25, 0.3) is 18.2 Å². The molecule has 0 atom stereocenters. The molecule has 0 spiro atoms. The van der Waals surface area contributed by atoms with Crippen LogP contribution in [-0.4, -0.2) is 36.4 Å². The molecule has 5 aromatic rings. The Bertz CT molecular complexity index is 1800. The number of alkyl halides is 2. The zero-order valence-corrected chi connectivity index (χ0v) is 24.6. The van der Waals surface area contributed by atoms with Crippen LogP contribution < -0.4 is 15.8 Å². The number of aromatic nitrogens is 5. The molecule has 4 heterocycles. The van der Waals surface area contributed by atoms with E-state index in [0.717, 1.165) is 17.0 Å². The van der Waals surface area contributed by atoms with Crippen LogP contribution in [0.15, 0.2) is 47.2 Å². The molecule has 0 unspecified atom stereocenters. The van der Waals surface area contributed by atoms with E-state index >= 15 is 0 Å². The van der Waals surface area contributed by atoms with E-state index in [1.54, 1.807) is 42.2 Å². The lowest BCUT2D eigenvalue weighted by molar-refractivity contribution is 0.100. The lowest BCUT2D eigenvalue weighted by Crippen LogP contribution is -2.18. The van der Waals surface area contributed by atoms with Gasteiger partial charge in [-0.1, -0.05) is 11.6 Å². The van der Waals surface area contributed by atoms with Gasteiger partial charge in [0, 0.05) is 34.4 Å². The van der Waals surface area contributed by atoms with Gasteiger partial charge in [-0.25, -0.2) is 18.4 Å². The second-order valence-corrected chi connectivity index (χ2v) is 11.0. The summed E-state index contributed by atoms with van der Waals surface area (Å²) in [6.45, 7) is 4.25. The van der Waals surface area contributed by atoms with Crippen molar-refractivity contribution in [2.75, 3.05) is 5.32 Å². The number of hydrogen-bond acceptors (Lipinski definition) is 7. The van der Waals surface area contributed by atoms with Crippen molar-refractivity contribution < 1.29 is 23.1 Å². The molecule has 0 bridgehead atoms. The molecular formula is C26H21BrClF2N7O3S. The van der Waals surface area contributed by atoms with Gasteiger partial charge in [-0.3, -0.25) is 14.3 Å². The number of anilines is 1. The molecule has 212 valence electrons. The molecule has 41 heavy (non-hydrogen) atoms. The molecule has 0 aliphatic carbocycles. The molecule has 3 N–H and O–H groups in total. The van der Waals surface area contributed by atoms with Gasteiger partial charge < -0.3 is 15.8 Å². The van der Waals surface area contributed by atoms with Crippen molar-refractivity contribution in [1.29, 1.82) is 0 Å². The van der Waals surface area contributed by atoms with Crippen LogP contribution in [0.25, 0.3) is 21.3 Å². The Morgan fingerprint density at radius 3 is 2.68 bits per heavy atom. The van der Waals surface area contributed by atoms with Crippen molar-refractivity contribution in [1.82, 2.24) is 24.5 Å². The Morgan fingerprint density at radius 1 is 1.24 bits per heavy atom. The van der Waals surface area contributed by atoms with E-state index in [4.69, 9.17) is 22.1 Å². The van der Waals surface area contributed by atoms with Crippen LogP contribution in [-0.2, 0) is 13.3 Å². The number of fused-ring (bicyclic) bond motifs is 1. The molecule has 0 saturated heterocycles. The van der Waals surface area contributed by atoms with Gasteiger partial charge in [0.15, 0.2) is 12.4 Å². The highest BCUT2D eigenvalue weighted by molar-refractivity contribution is 9.10. The maximum absolute atomic E-state index is 13.8. The van der Waals surface area contributed by atoms with E-state index in [1.807, 2.05) is 6.92 Å². The monoisotopic (exact) mass is 663 g/mol. The molecule has 2 amide bonds. The zero-order chi connectivity index (χ0) is 29.4. The Kier molecular flexibility index (Phi) is 8.07. The molecule has 0 radical (unpaired) electrons. The number of amides is 2. The van der Waals surface area contributed by atoms with Gasteiger partial charge in [0.05, 0.1) is 16.4 Å². The molecule has 5 rings (SSSR count). The summed E-state index contributed by atoms with van der Waals surface area (Å²) in [4.78, 5) is 29.9. The van der Waals surface area contributed by atoms with Crippen molar-refractivity contribution >= 4 is 66.6 Å². The number of ether oxygens (including phenoxy) is 1. The SMILES string of the molecule is CCn1ncc(-c2cc(C(F)F)nc3sc(C(N)=O)c(NC(=O)c4ccn(COc5ccc(Cl)cc5Br)n4)c23)c1C. The van der Waals surface area contributed by atoms with E-state index in [2.05, 4.69) is 36.4 Å². The number of benzene rings is 1. The molecule has 0 aliphatic rings. The van der Waals surface area contributed by atoms with Crippen molar-refractivity contribution in [3.8, 4) is 16.9 Å². The second kappa shape index (κ2) is 11.5. The number of nitrogens with one attached hydrogen (secondary N) is 1. The van der Waals surface area contributed by atoms with Gasteiger partial charge in [0.1, 0.15) is 21.2 Å². The average Bonchev–Trinajstić information content (AvgIpc) is 3.65. The summed E-state index contributed by atoms with van der Waals surface area (Å²) >= 11 is 10.2. The van der Waals surface area contributed by atoms with Gasteiger partial charge in [0.2, 0.25) is 0 Å². The Hall–Kier alpha value is -3.88. The molecule has 10 nitrogen and oxygen atoms in total. The predicted molar refractivity (Wildman–Crippen MR) is 155 cm³/mol. The highest BCUT2D eigenvalue weighted by Gasteiger charge is 2.27. The number of nitrogens with two attached hydrogens (primary N) is 1. The number of aryl methyl sites for hydroxylation is 1. The van der Waals surface area contributed by atoms with Crippen LogP contribution in [0.2, 0.25) is 5.02 Å². The molecule has 15 heteroatoms. The Labute approximate surface area is 249 Å². The lowest BCUT2D eigenvalue weighted by atomic mass is 10.0. The summed E-state index contributed by atoms with van der Waals surface area (Å²) in [5.74, 6) is -0.971. The van der Waals surface area contributed by atoms with Gasteiger partial charge in [-0.2, -0.15) is 10.2 Å². The maximum atomic E-state index is 13.8. The number of halogens is 4. The average molecular weight is 665 g/mol. The quantitative estimate of drug-likeness (QED) is 0.187. The van der Waals surface area contributed by atoms with Crippen molar-refractivity contribution in [2.24, 2.45) is 5.73 Å². The first kappa shape index (κ1) is 28.6. The van der Waals surface area contributed by atoms with Crippen molar-refractivity contribution in [3.05, 3.63) is 74.2 Å². The van der Waals surface area contributed by atoms with E-state index in [-0.39, 0.29) is 27.8 Å². The molecule has 0 aliphatic heterocycles. The number of primary amides is 1. The number of thiophene rings is 1. The number of hydrogen-bond donors (Lipinski definition) is 2. The summed E-state index contributed by atoms with van der Waals surface area (Å²) in [6.07, 6.45) is 0.234. The highest BCUT2D eigenvalue weighted by Crippen LogP contribution is 2.43. The lowest BCUT2D eigenvalue weighted by Gasteiger charge is -2.11. The minimum Gasteiger partial charge on any atom is -0.470 e.